The van der Waals surface area contributed by atoms with Crippen LogP contribution >= 0.6 is 11.3 Å². The summed E-state index contributed by atoms with van der Waals surface area (Å²) in [5.41, 5.74) is 2.10. The number of thiazole rings is 1. The second-order valence-electron chi connectivity index (χ2n) is 6.87. The Hall–Kier alpha value is -1.68. The SMILES string of the molecule is Cc1nc(Cc2ccccc2)sc1C(=O)N(C)CC1CCCCC1. The molecule has 0 aliphatic heterocycles. The molecule has 1 aliphatic carbocycles. The Bertz CT molecular complexity index is 674. The van der Waals surface area contributed by atoms with Crippen molar-refractivity contribution < 1.29 is 4.79 Å². The van der Waals surface area contributed by atoms with E-state index in [2.05, 4.69) is 17.1 Å². The van der Waals surface area contributed by atoms with Crippen LogP contribution in [0.1, 0.15) is 58.0 Å². The number of benzene rings is 1. The average Bonchev–Trinajstić information content (AvgIpc) is 2.96. The van der Waals surface area contributed by atoms with Crippen LogP contribution in [0.4, 0.5) is 0 Å². The Morgan fingerprint density at radius 1 is 1.21 bits per heavy atom. The third-order valence-corrected chi connectivity index (χ3v) is 5.98. The van der Waals surface area contributed by atoms with Crippen LogP contribution < -0.4 is 0 Å². The number of amides is 1. The molecule has 0 saturated heterocycles. The highest BCUT2D eigenvalue weighted by Gasteiger charge is 2.22. The van der Waals surface area contributed by atoms with Crippen LogP contribution in [0.3, 0.4) is 0 Å². The second kappa shape index (κ2) is 7.93. The van der Waals surface area contributed by atoms with Crippen molar-refractivity contribution in [2.45, 2.75) is 45.4 Å². The number of rotatable bonds is 5. The van der Waals surface area contributed by atoms with Crippen molar-refractivity contribution in [2.24, 2.45) is 5.92 Å². The number of nitrogens with zero attached hydrogens (tertiary/aromatic N) is 2. The van der Waals surface area contributed by atoms with Gasteiger partial charge in [0, 0.05) is 20.0 Å². The summed E-state index contributed by atoms with van der Waals surface area (Å²) in [6.45, 7) is 2.83. The second-order valence-corrected chi connectivity index (χ2v) is 7.96. The predicted molar refractivity (Wildman–Crippen MR) is 99.6 cm³/mol. The van der Waals surface area contributed by atoms with E-state index in [1.54, 1.807) is 11.3 Å². The summed E-state index contributed by atoms with van der Waals surface area (Å²) in [5.74, 6) is 0.805. The van der Waals surface area contributed by atoms with Gasteiger partial charge in [0.05, 0.1) is 10.7 Å². The van der Waals surface area contributed by atoms with Crippen LogP contribution in [0.25, 0.3) is 0 Å². The van der Waals surface area contributed by atoms with Gasteiger partial charge in [0.1, 0.15) is 4.88 Å². The molecule has 0 unspecified atom stereocenters. The number of carbonyl (C=O) groups is 1. The summed E-state index contributed by atoms with van der Waals surface area (Å²) in [7, 11) is 1.94. The van der Waals surface area contributed by atoms with Crippen molar-refractivity contribution in [3.63, 3.8) is 0 Å². The van der Waals surface area contributed by atoms with Gasteiger partial charge in [-0.2, -0.15) is 0 Å². The van der Waals surface area contributed by atoms with Crippen LogP contribution in [0.5, 0.6) is 0 Å². The minimum Gasteiger partial charge on any atom is -0.341 e. The summed E-state index contributed by atoms with van der Waals surface area (Å²) in [4.78, 5) is 20.1. The highest BCUT2D eigenvalue weighted by molar-refractivity contribution is 7.13. The Morgan fingerprint density at radius 2 is 1.92 bits per heavy atom. The number of hydrogen-bond donors (Lipinski definition) is 0. The van der Waals surface area contributed by atoms with E-state index in [1.807, 2.05) is 37.1 Å². The number of aromatic nitrogens is 1. The van der Waals surface area contributed by atoms with Gasteiger partial charge in [0.2, 0.25) is 0 Å². The first-order valence-electron chi connectivity index (χ1n) is 8.89. The lowest BCUT2D eigenvalue weighted by Crippen LogP contribution is -2.32. The fraction of sp³-hybridized carbons (Fsp3) is 0.500. The van der Waals surface area contributed by atoms with Crippen LogP contribution in [0.15, 0.2) is 30.3 Å². The van der Waals surface area contributed by atoms with Gasteiger partial charge in [0.15, 0.2) is 0 Å². The van der Waals surface area contributed by atoms with E-state index < -0.39 is 0 Å². The zero-order valence-corrected chi connectivity index (χ0v) is 15.4. The van der Waals surface area contributed by atoms with Gasteiger partial charge >= 0.3 is 0 Å². The summed E-state index contributed by atoms with van der Waals surface area (Å²) in [5, 5.41) is 1.02. The molecule has 1 aromatic heterocycles. The molecule has 24 heavy (non-hydrogen) atoms. The third-order valence-electron chi connectivity index (χ3n) is 4.84. The van der Waals surface area contributed by atoms with Gasteiger partial charge in [0.25, 0.3) is 5.91 Å². The van der Waals surface area contributed by atoms with Crippen molar-refractivity contribution >= 4 is 17.2 Å². The van der Waals surface area contributed by atoms with Crippen molar-refractivity contribution in [1.29, 1.82) is 0 Å². The topological polar surface area (TPSA) is 33.2 Å². The predicted octanol–water partition coefficient (Wildman–Crippen LogP) is 4.69. The van der Waals surface area contributed by atoms with Crippen LogP contribution in [-0.2, 0) is 6.42 Å². The van der Waals surface area contributed by atoms with Gasteiger partial charge in [-0.1, -0.05) is 49.6 Å². The molecule has 4 heteroatoms. The Morgan fingerprint density at radius 3 is 2.62 bits per heavy atom. The normalized spacial score (nSPS) is 15.4. The highest BCUT2D eigenvalue weighted by Crippen LogP contribution is 2.26. The molecular weight excluding hydrogens is 316 g/mol. The van der Waals surface area contributed by atoms with Gasteiger partial charge in [-0.15, -0.1) is 11.3 Å². The van der Waals surface area contributed by atoms with Crippen molar-refractivity contribution in [1.82, 2.24) is 9.88 Å². The summed E-state index contributed by atoms with van der Waals surface area (Å²) in [6, 6.07) is 10.3. The molecule has 1 fully saturated rings. The molecule has 1 aromatic carbocycles. The first-order chi connectivity index (χ1) is 11.6. The summed E-state index contributed by atoms with van der Waals surface area (Å²) < 4.78 is 0. The van der Waals surface area contributed by atoms with Gasteiger partial charge < -0.3 is 4.90 Å². The molecule has 3 nitrogen and oxygen atoms in total. The fourth-order valence-corrected chi connectivity index (χ4v) is 4.60. The quantitative estimate of drug-likeness (QED) is 0.789. The maximum Gasteiger partial charge on any atom is 0.265 e. The zero-order valence-electron chi connectivity index (χ0n) is 14.6. The Labute approximate surface area is 148 Å². The smallest absolute Gasteiger partial charge is 0.265 e. The van der Waals surface area contributed by atoms with E-state index in [0.717, 1.165) is 28.5 Å². The van der Waals surface area contributed by atoms with Gasteiger partial charge in [-0.3, -0.25) is 4.79 Å². The van der Waals surface area contributed by atoms with Crippen molar-refractivity contribution in [3.05, 3.63) is 51.5 Å². The molecule has 1 heterocycles. The Balaban J connectivity index is 1.66. The number of carbonyl (C=O) groups excluding carboxylic acids is 1. The minimum absolute atomic E-state index is 0.134. The first-order valence-corrected chi connectivity index (χ1v) is 9.71. The van der Waals surface area contributed by atoms with Crippen molar-refractivity contribution in [2.75, 3.05) is 13.6 Å². The molecule has 128 valence electrons. The first kappa shape index (κ1) is 17.2. The largest absolute Gasteiger partial charge is 0.341 e. The lowest BCUT2D eigenvalue weighted by Gasteiger charge is -2.26. The average molecular weight is 343 g/mol. The Kier molecular flexibility index (Phi) is 5.67. The molecule has 3 rings (SSSR count). The molecule has 1 aliphatic rings. The van der Waals surface area contributed by atoms with Crippen molar-refractivity contribution in [3.8, 4) is 0 Å². The molecule has 0 bridgehead atoms. The van der Waals surface area contributed by atoms with E-state index in [-0.39, 0.29) is 5.91 Å². The molecule has 1 saturated carbocycles. The van der Waals surface area contributed by atoms with E-state index in [4.69, 9.17) is 0 Å². The molecule has 0 spiro atoms. The van der Waals surface area contributed by atoms with E-state index >= 15 is 0 Å². The standard InChI is InChI=1S/C20H26N2OS/c1-15-19(20(23)22(2)14-17-11-7-4-8-12-17)24-18(21-15)13-16-9-5-3-6-10-16/h3,5-6,9-10,17H,4,7-8,11-14H2,1-2H3. The van der Waals surface area contributed by atoms with Crippen LogP contribution in [-0.4, -0.2) is 29.4 Å². The van der Waals surface area contributed by atoms with Gasteiger partial charge in [-0.05, 0) is 31.2 Å². The maximum absolute atomic E-state index is 12.8. The van der Waals surface area contributed by atoms with Crippen LogP contribution in [0, 0.1) is 12.8 Å². The van der Waals surface area contributed by atoms with E-state index in [9.17, 15) is 4.79 Å². The summed E-state index contributed by atoms with van der Waals surface area (Å²) in [6.07, 6.45) is 7.30. The van der Waals surface area contributed by atoms with E-state index in [0.29, 0.717) is 5.92 Å². The molecular formula is C20H26N2OS. The summed E-state index contributed by atoms with van der Waals surface area (Å²) >= 11 is 1.55. The molecule has 0 radical (unpaired) electrons. The lowest BCUT2D eigenvalue weighted by molar-refractivity contribution is 0.0764. The van der Waals surface area contributed by atoms with E-state index in [1.165, 1.54) is 37.7 Å². The molecule has 0 N–H and O–H groups in total. The van der Waals surface area contributed by atoms with Gasteiger partial charge in [-0.25, -0.2) is 4.98 Å². The lowest BCUT2D eigenvalue weighted by atomic mass is 9.89. The molecule has 0 atom stereocenters. The number of aryl methyl sites for hydroxylation is 1. The fourth-order valence-electron chi connectivity index (χ4n) is 3.51. The zero-order chi connectivity index (χ0) is 16.9. The number of hydrogen-bond acceptors (Lipinski definition) is 3. The molecule has 1 amide bonds. The molecule has 2 aromatic rings. The minimum atomic E-state index is 0.134. The third kappa shape index (κ3) is 4.23. The van der Waals surface area contributed by atoms with Crippen LogP contribution in [0.2, 0.25) is 0 Å². The monoisotopic (exact) mass is 342 g/mol. The maximum atomic E-state index is 12.8. The highest BCUT2D eigenvalue weighted by atomic mass is 32.1.